The molecule has 1 N–H and O–H groups in total. The Kier molecular flexibility index (Phi) is 5.49. The molecule has 2 aliphatic rings. The van der Waals surface area contributed by atoms with E-state index in [4.69, 9.17) is 4.74 Å². The van der Waals surface area contributed by atoms with Gasteiger partial charge < -0.3 is 15.0 Å². The Morgan fingerprint density at radius 2 is 1.77 bits per heavy atom. The molecule has 2 aliphatic heterocycles. The van der Waals surface area contributed by atoms with Crippen LogP contribution in [0.2, 0.25) is 0 Å². The molecule has 0 aliphatic carbocycles. The van der Waals surface area contributed by atoms with E-state index in [2.05, 4.69) is 5.32 Å². The number of carbonyl (C=O) groups excluding carboxylic acids is 2. The zero-order valence-corrected chi connectivity index (χ0v) is 18.5. The highest BCUT2D eigenvalue weighted by atomic mass is 32.2. The number of hydrogen-bond donors (Lipinski definition) is 1. The second-order valence-corrected chi connectivity index (χ2v) is 9.86. The first-order chi connectivity index (χ1) is 14.7. The van der Waals surface area contributed by atoms with Crippen LogP contribution in [0.3, 0.4) is 0 Å². The first kappa shape index (κ1) is 21.3. The molecule has 2 aromatic rings. The van der Waals surface area contributed by atoms with Crippen molar-refractivity contribution >= 4 is 27.5 Å². The lowest BCUT2D eigenvalue weighted by Gasteiger charge is -2.34. The number of aryl methyl sites for hydroxylation is 2. The molecular formula is C22H25N3O5S. The van der Waals surface area contributed by atoms with E-state index in [-0.39, 0.29) is 29.8 Å². The molecule has 0 aromatic heterocycles. The summed E-state index contributed by atoms with van der Waals surface area (Å²) in [7, 11) is -3.77. The maximum Gasteiger partial charge on any atom is 0.265 e. The summed E-state index contributed by atoms with van der Waals surface area (Å²) >= 11 is 0. The van der Waals surface area contributed by atoms with Crippen LogP contribution in [0.25, 0.3) is 0 Å². The lowest BCUT2D eigenvalue weighted by atomic mass is 10.0. The van der Waals surface area contributed by atoms with Gasteiger partial charge in [0.15, 0.2) is 6.10 Å². The van der Waals surface area contributed by atoms with Gasteiger partial charge in [-0.15, -0.1) is 0 Å². The number of anilines is 1. The summed E-state index contributed by atoms with van der Waals surface area (Å²) in [6.45, 7) is 6.54. The Bertz CT molecular complexity index is 1150. The van der Waals surface area contributed by atoms with Crippen LogP contribution < -0.4 is 10.1 Å². The van der Waals surface area contributed by atoms with Crippen LogP contribution in [0.4, 0.5) is 5.69 Å². The molecule has 9 heteroatoms. The van der Waals surface area contributed by atoms with Crippen LogP contribution in [0, 0.1) is 13.8 Å². The van der Waals surface area contributed by atoms with E-state index in [0.717, 1.165) is 11.1 Å². The quantitative estimate of drug-likeness (QED) is 0.784. The van der Waals surface area contributed by atoms with E-state index in [1.807, 2.05) is 32.0 Å². The van der Waals surface area contributed by atoms with Gasteiger partial charge in [-0.2, -0.15) is 4.31 Å². The Hall–Kier alpha value is -2.91. The SMILES string of the molecule is Cc1ccc(C(=O)N2CCN(S(=O)(=O)c3ccc4c(c3)NC(=O)C(C)O4)CC2)c(C)c1. The minimum absolute atomic E-state index is 0.0823. The summed E-state index contributed by atoms with van der Waals surface area (Å²) in [6, 6.07) is 10.1. The number of benzene rings is 2. The van der Waals surface area contributed by atoms with Gasteiger partial charge in [0.25, 0.3) is 11.8 Å². The second-order valence-electron chi connectivity index (χ2n) is 7.92. The van der Waals surface area contributed by atoms with Gasteiger partial charge in [0.1, 0.15) is 5.75 Å². The summed E-state index contributed by atoms with van der Waals surface area (Å²) < 4.78 is 33.1. The van der Waals surface area contributed by atoms with Crippen molar-refractivity contribution in [1.82, 2.24) is 9.21 Å². The van der Waals surface area contributed by atoms with E-state index in [0.29, 0.717) is 30.1 Å². The fourth-order valence-electron chi connectivity index (χ4n) is 3.85. The molecule has 2 amide bonds. The third-order valence-corrected chi connectivity index (χ3v) is 7.55. The van der Waals surface area contributed by atoms with Crippen molar-refractivity contribution in [3.8, 4) is 5.75 Å². The predicted molar refractivity (Wildman–Crippen MR) is 116 cm³/mol. The largest absolute Gasteiger partial charge is 0.479 e. The van der Waals surface area contributed by atoms with Gasteiger partial charge >= 0.3 is 0 Å². The van der Waals surface area contributed by atoms with Gasteiger partial charge in [-0.25, -0.2) is 8.42 Å². The Labute approximate surface area is 181 Å². The molecule has 31 heavy (non-hydrogen) atoms. The third-order valence-electron chi connectivity index (χ3n) is 5.66. The van der Waals surface area contributed by atoms with Crippen LogP contribution in [0.15, 0.2) is 41.3 Å². The van der Waals surface area contributed by atoms with Crippen molar-refractivity contribution < 1.29 is 22.7 Å². The highest BCUT2D eigenvalue weighted by Gasteiger charge is 2.32. The molecule has 1 unspecified atom stereocenters. The van der Waals surface area contributed by atoms with E-state index in [1.54, 1.807) is 17.9 Å². The van der Waals surface area contributed by atoms with E-state index in [1.165, 1.54) is 16.4 Å². The van der Waals surface area contributed by atoms with Crippen LogP contribution in [-0.4, -0.2) is 61.7 Å². The fraction of sp³-hybridized carbons (Fsp3) is 0.364. The van der Waals surface area contributed by atoms with Crippen molar-refractivity contribution in [2.75, 3.05) is 31.5 Å². The topological polar surface area (TPSA) is 96.0 Å². The molecule has 8 nitrogen and oxygen atoms in total. The summed E-state index contributed by atoms with van der Waals surface area (Å²) in [6.07, 6.45) is -0.627. The van der Waals surface area contributed by atoms with Gasteiger partial charge in [0.2, 0.25) is 10.0 Å². The van der Waals surface area contributed by atoms with E-state index >= 15 is 0 Å². The van der Waals surface area contributed by atoms with Crippen LogP contribution >= 0.6 is 0 Å². The number of nitrogens with one attached hydrogen (secondary N) is 1. The third kappa shape index (κ3) is 4.03. The van der Waals surface area contributed by atoms with Gasteiger partial charge in [0, 0.05) is 31.7 Å². The van der Waals surface area contributed by atoms with Gasteiger partial charge in [-0.05, 0) is 50.6 Å². The molecule has 0 saturated carbocycles. The van der Waals surface area contributed by atoms with Crippen molar-refractivity contribution in [3.63, 3.8) is 0 Å². The lowest BCUT2D eigenvalue weighted by molar-refractivity contribution is -0.122. The molecule has 0 radical (unpaired) electrons. The molecule has 1 fully saturated rings. The van der Waals surface area contributed by atoms with Crippen LogP contribution in [0.5, 0.6) is 5.75 Å². The minimum Gasteiger partial charge on any atom is -0.479 e. The fourth-order valence-corrected chi connectivity index (χ4v) is 5.30. The average molecular weight is 444 g/mol. The molecule has 2 aromatic carbocycles. The first-order valence-electron chi connectivity index (χ1n) is 10.1. The van der Waals surface area contributed by atoms with Crippen molar-refractivity contribution in [3.05, 3.63) is 53.1 Å². The number of sulfonamides is 1. The summed E-state index contributed by atoms with van der Waals surface area (Å²) in [5.41, 5.74) is 2.98. The van der Waals surface area contributed by atoms with Crippen LogP contribution in [-0.2, 0) is 14.8 Å². The van der Waals surface area contributed by atoms with Gasteiger partial charge in [-0.3, -0.25) is 9.59 Å². The number of piperazine rings is 1. The molecule has 0 bridgehead atoms. The molecule has 1 atom stereocenters. The number of hydrogen-bond acceptors (Lipinski definition) is 5. The molecule has 164 valence electrons. The normalized spacial score (nSPS) is 19.4. The lowest BCUT2D eigenvalue weighted by Crippen LogP contribution is -2.50. The molecule has 4 rings (SSSR count). The zero-order valence-electron chi connectivity index (χ0n) is 17.7. The Morgan fingerprint density at radius 1 is 1.06 bits per heavy atom. The Balaban J connectivity index is 1.48. The molecular weight excluding hydrogens is 418 g/mol. The molecule has 2 heterocycles. The smallest absolute Gasteiger partial charge is 0.265 e. The summed E-state index contributed by atoms with van der Waals surface area (Å²) in [4.78, 5) is 26.5. The van der Waals surface area contributed by atoms with Crippen molar-refractivity contribution in [2.45, 2.75) is 31.8 Å². The monoisotopic (exact) mass is 443 g/mol. The summed E-state index contributed by atoms with van der Waals surface area (Å²) in [5.74, 6) is 0.0350. The average Bonchev–Trinajstić information content (AvgIpc) is 2.74. The standard InChI is InChI=1S/C22H25N3O5S/c1-14-4-6-18(15(2)12-14)22(27)24-8-10-25(11-9-24)31(28,29)17-5-7-20-19(13-17)23-21(26)16(3)30-20/h4-7,12-13,16H,8-11H2,1-3H3,(H,23,26). The Morgan fingerprint density at radius 3 is 2.45 bits per heavy atom. The number of carbonyl (C=O) groups is 2. The number of ether oxygens (including phenoxy) is 1. The van der Waals surface area contributed by atoms with E-state index < -0.39 is 16.1 Å². The molecule has 1 saturated heterocycles. The number of nitrogens with zero attached hydrogens (tertiary/aromatic N) is 2. The van der Waals surface area contributed by atoms with Gasteiger partial charge in [-0.1, -0.05) is 17.7 Å². The zero-order chi connectivity index (χ0) is 22.3. The predicted octanol–water partition coefficient (Wildman–Crippen LogP) is 2.17. The number of fused-ring (bicyclic) bond motifs is 1. The maximum absolute atomic E-state index is 13.1. The number of amides is 2. The first-order valence-corrected chi connectivity index (χ1v) is 11.6. The highest BCUT2D eigenvalue weighted by molar-refractivity contribution is 7.89. The highest BCUT2D eigenvalue weighted by Crippen LogP contribution is 2.33. The summed E-state index contributed by atoms with van der Waals surface area (Å²) in [5, 5.41) is 2.67. The minimum atomic E-state index is -3.77. The van der Waals surface area contributed by atoms with E-state index in [9.17, 15) is 18.0 Å². The van der Waals surface area contributed by atoms with Gasteiger partial charge in [0.05, 0.1) is 10.6 Å². The van der Waals surface area contributed by atoms with Crippen LogP contribution in [0.1, 0.15) is 28.4 Å². The second kappa shape index (κ2) is 7.97. The number of rotatable bonds is 3. The van der Waals surface area contributed by atoms with Crippen molar-refractivity contribution in [1.29, 1.82) is 0 Å². The maximum atomic E-state index is 13.1. The molecule has 0 spiro atoms. The van der Waals surface area contributed by atoms with Crippen molar-refractivity contribution in [2.24, 2.45) is 0 Å².